The lowest BCUT2D eigenvalue weighted by atomic mass is 10.3. The summed E-state index contributed by atoms with van der Waals surface area (Å²) in [6.45, 7) is 2.67. The monoisotopic (exact) mass is 456 g/mol. The Balaban J connectivity index is 1.67. The summed E-state index contributed by atoms with van der Waals surface area (Å²) in [5.41, 5.74) is 11.8. The molecule has 0 unspecified atom stereocenters. The van der Waals surface area contributed by atoms with E-state index in [4.69, 9.17) is 25.4 Å². The maximum atomic E-state index is 12.0. The van der Waals surface area contributed by atoms with E-state index >= 15 is 0 Å². The number of nitrogens with two attached hydrogens (primary N) is 2. The number of aromatic nitrogens is 1. The van der Waals surface area contributed by atoms with Crippen molar-refractivity contribution in [2.75, 3.05) is 11.1 Å². The smallest absolute Gasteiger partial charge is 0.426 e. The van der Waals surface area contributed by atoms with Gasteiger partial charge >= 0.3 is 12.0 Å². The third kappa shape index (κ3) is 6.24. The number of hydrogen-bond acceptors (Lipinski definition) is 12. The third-order valence-corrected chi connectivity index (χ3v) is 4.05. The molecule has 1 atom stereocenters. The maximum Gasteiger partial charge on any atom is 0.519 e. The summed E-state index contributed by atoms with van der Waals surface area (Å²) in [6.07, 6.45) is -1.06. The zero-order valence-corrected chi connectivity index (χ0v) is 17.6. The number of benzene rings is 1. The molecule has 13 heteroatoms. The molecule has 0 aliphatic rings. The molecular formula is C20H20N6O7. The summed E-state index contributed by atoms with van der Waals surface area (Å²) >= 11 is 0. The van der Waals surface area contributed by atoms with Crippen molar-refractivity contribution >= 4 is 35.1 Å². The van der Waals surface area contributed by atoms with E-state index in [0.717, 1.165) is 0 Å². The van der Waals surface area contributed by atoms with E-state index in [1.54, 1.807) is 18.2 Å². The number of para-hydroxylation sites is 1. The molecule has 13 nitrogen and oxygen atoms in total. The average molecular weight is 456 g/mol. The van der Waals surface area contributed by atoms with Gasteiger partial charge in [-0.25, -0.2) is 14.6 Å². The van der Waals surface area contributed by atoms with Gasteiger partial charge in [0.1, 0.15) is 17.2 Å². The molecule has 5 N–H and O–H groups in total. The van der Waals surface area contributed by atoms with Crippen LogP contribution in [0.1, 0.15) is 18.4 Å². The number of azo groups is 1. The molecule has 0 fully saturated rings. The average Bonchev–Trinajstić information content (AvgIpc) is 3.09. The van der Waals surface area contributed by atoms with E-state index < -0.39 is 23.9 Å². The molecule has 33 heavy (non-hydrogen) atoms. The number of hydrogen-bond donors (Lipinski definition) is 3. The normalized spacial score (nSPS) is 11.8. The Morgan fingerprint density at radius 3 is 2.55 bits per heavy atom. The topological polar surface area (TPSA) is 198 Å². The van der Waals surface area contributed by atoms with E-state index in [1.807, 2.05) is 0 Å². The Hall–Kier alpha value is -4.52. The second-order valence-corrected chi connectivity index (χ2v) is 6.62. The van der Waals surface area contributed by atoms with Gasteiger partial charge in [-0.15, -0.1) is 10.2 Å². The fraction of sp³-hybridized carbons (Fsp3) is 0.200. The number of amides is 1. The number of aryl methyl sites for hydroxylation is 1. The van der Waals surface area contributed by atoms with Crippen LogP contribution in [0, 0.1) is 6.92 Å². The van der Waals surface area contributed by atoms with Crippen molar-refractivity contribution in [3.63, 3.8) is 0 Å². The maximum absolute atomic E-state index is 12.0. The van der Waals surface area contributed by atoms with Crippen LogP contribution in [0.5, 0.6) is 5.75 Å². The number of anilines is 2. The second kappa shape index (κ2) is 10.2. The number of pyridine rings is 1. The molecule has 0 bridgehead atoms. The molecule has 2 heterocycles. The van der Waals surface area contributed by atoms with Crippen LogP contribution in [0.15, 0.2) is 60.3 Å². The lowest BCUT2D eigenvalue weighted by molar-refractivity contribution is -0.117. The molecule has 3 aromatic rings. The van der Waals surface area contributed by atoms with Crippen molar-refractivity contribution in [3.05, 3.63) is 58.5 Å². The molecule has 172 valence electrons. The first-order chi connectivity index (χ1) is 15.7. The Morgan fingerprint density at radius 2 is 1.88 bits per heavy atom. The zero-order chi connectivity index (χ0) is 24.0. The summed E-state index contributed by atoms with van der Waals surface area (Å²) in [7, 11) is 0. The van der Waals surface area contributed by atoms with Crippen LogP contribution in [0.2, 0.25) is 0 Å². The fourth-order valence-electron chi connectivity index (χ4n) is 2.35. The Morgan fingerprint density at radius 1 is 1.15 bits per heavy atom. The van der Waals surface area contributed by atoms with Crippen LogP contribution < -0.4 is 27.3 Å². The van der Waals surface area contributed by atoms with Crippen molar-refractivity contribution in [3.8, 4) is 5.75 Å². The molecule has 0 aliphatic heterocycles. The van der Waals surface area contributed by atoms with Crippen molar-refractivity contribution in [2.45, 2.75) is 26.5 Å². The summed E-state index contributed by atoms with van der Waals surface area (Å²) in [6, 6.07) is 8.58. The Kier molecular flexibility index (Phi) is 7.15. The number of nitrogens with zero attached hydrogens (tertiary/aromatic N) is 3. The highest BCUT2D eigenvalue weighted by molar-refractivity contribution is 5.93. The number of nitrogen functional groups attached to an aromatic ring is 1. The summed E-state index contributed by atoms with van der Waals surface area (Å²) in [5, 5.41) is 10.6. The minimum Gasteiger partial charge on any atom is -0.426 e. The van der Waals surface area contributed by atoms with Gasteiger partial charge in [0.2, 0.25) is 5.91 Å². The lowest BCUT2D eigenvalue weighted by Gasteiger charge is -2.08. The second-order valence-electron chi connectivity index (χ2n) is 6.62. The van der Waals surface area contributed by atoms with Crippen LogP contribution >= 0.6 is 0 Å². The van der Waals surface area contributed by atoms with Gasteiger partial charge in [-0.2, -0.15) is 0 Å². The van der Waals surface area contributed by atoms with Crippen molar-refractivity contribution in [2.24, 2.45) is 16.0 Å². The zero-order valence-electron chi connectivity index (χ0n) is 17.6. The first-order valence-electron chi connectivity index (χ1n) is 9.50. The van der Waals surface area contributed by atoms with Crippen LogP contribution in [-0.2, 0) is 16.1 Å². The molecule has 0 saturated heterocycles. The summed E-state index contributed by atoms with van der Waals surface area (Å²) in [5.74, 6) is -0.781. The Bertz CT molecular complexity index is 1250. The van der Waals surface area contributed by atoms with Gasteiger partial charge in [-0.3, -0.25) is 4.79 Å². The van der Waals surface area contributed by atoms with E-state index in [1.165, 1.54) is 32.0 Å². The molecule has 0 spiro atoms. The van der Waals surface area contributed by atoms with Crippen LogP contribution in [-0.4, -0.2) is 23.1 Å². The molecular weight excluding hydrogens is 436 g/mol. The fourth-order valence-corrected chi connectivity index (χ4v) is 2.35. The minimum atomic E-state index is -1.06. The van der Waals surface area contributed by atoms with Crippen molar-refractivity contribution < 1.29 is 27.9 Å². The van der Waals surface area contributed by atoms with E-state index in [9.17, 15) is 14.4 Å². The van der Waals surface area contributed by atoms with Crippen LogP contribution in [0.3, 0.4) is 0 Å². The van der Waals surface area contributed by atoms with Gasteiger partial charge in [-0.1, -0.05) is 12.1 Å². The molecule has 0 radical (unpaired) electrons. The van der Waals surface area contributed by atoms with E-state index in [-0.39, 0.29) is 46.9 Å². The number of nitrogens with one attached hydrogen (secondary N) is 1. The van der Waals surface area contributed by atoms with Gasteiger partial charge in [0, 0.05) is 0 Å². The van der Waals surface area contributed by atoms with Gasteiger partial charge in [-0.05, 0) is 38.1 Å². The van der Waals surface area contributed by atoms with Crippen LogP contribution in [0.25, 0.3) is 0 Å². The highest BCUT2D eigenvalue weighted by Gasteiger charge is 2.15. The summed E-state index contributed by atoms with van der Waals surface area (Å²) in [4.78, 5) is 38.7. The Labute approximate surface area is 186 Å². The SMILES string of the molecule is Cc1oc(=O)oc1COC(=O)Oc1ccccc1/N=N/c1ccc(NC(=O)[C@H](C)N)nc1N. The molecule has 3 rings (SSSR count). The largest absolute Gasteiger partial charge is 0.519 e. The van der Waals surface area contributed by atoms with Gasteiger partial charge in [0.05, 0.1) is 6.04 Å². The van der Waals surface area contributed by atoms with Gasteiger partial charge < -0.3 is 35.1 Å². The van der Waals surface area contributed by atoms with E-state index in [0.29, 0.717) is 0 Å². The predicted octanol–water partition coefficient (Wildman–Crippen LogP) is 2.94. The number of rotatable bonds is 7. The van der Waals surface area contributed by atoms with Crippen molar-refractivity contribution in [1.82, 2.24) is 4.98 Å². The molecule has 1 amide bonds. The van der Waals surface area contributed by atoms with E-state index in [2.05, 4.69) is 24.9 Å². The van der Waals surface area contributed by atoms with Gasteiger partial charge in [0.25, 0.3) is 0 Å². The first-order valence-corrected chi connectivity index (χ1v) is 9.50. The van der Waals surface area contributed by atoms with Crippen LogP contribution in [0.4, 0.5) is 27.8 Å². The molecule has 1 aromatic carbocycles. The minimum absolute atomic E-state index is 0.0102. The first kappa shape index (κ1) is 23.1. The number of ether oxygens (including phenoxy) is 2. The lowest BCUT2D eigenvalue weighted by Crippen LogP contribution is -2.32. The quantitative estimate of drug-likeness (QED) is 0.270. The molecule has 0 aliphatic carbocycles. The molecule has 0 saturated carbocycles. The van der Waals surface area contributed by atoms with Gasteiger partial charge in [0.15, 0.2) is 29.7 Å². The third-order valence-electron chi connectivity index (χ3n) is 4.05. The van der Waals surface area contributed by atoms with Crippen molar-refractivity contribution in [1.29, 1.82) is 0 Å². The summed E-state index contributed by atoms with van der Waals surface area (Å²) < 4.78 is 19.5. The molecule has 2 aromatic heterocycles. The highest BCUT2D eigenvalue weighted by Crippen LogP contribution is 2.31. The number of carbonyl (C=O) groups is 2. The predicted molar refractivity (Wildman–Crippen MR) is 114 cm³/mol. The standard InChI is InChI=1S/C20H20N6O7/c1-10(21)18(27)24-16-8-7-13(17(22)23-16)26-25-12-5-3-4-6-14(12)32-19(28)30-9-15-11(2)31-20(29)33-15/h3-8,10H,9,21H2,1-2H3,(H3,22,23,24,27)/b26-25+/t10-/m0/s1. The number of carbonyl (C=O) groups excluding carboxylic acids is 2. The highest BCUT2D eigenvalue weighted by atomic mass is 16.7.